The van der Waals surface area contributed by atoms with Crippen molar-refractivity contribution in [1.29, 1.82) is 0 Å². The van der Waals surface area contributed by atoms with Crippen LogP contribution in [-0.4, -0.2) is 36.6 Å². The molecule has 0 aromatic carbocycles. The summed E-state index contributed by atoms with van der Waals surface area (Å²) in [5.41, 5.74) is 0.575. The molecule has 1 aliphatic carbocycles. The molecule has 100 valence electrons. The zero-order valence-electron chi connectivity index (χ0n) is 12.1. The van der Waals surface area contributed by atoms with E-state index in [1.807, 2.05) is 0 Å². The zero-order chi connectivity index (χ0) is 12.5. The Kier molecular flexibility index (Phi) is 4.14. The van der Waals surface area contributed by atoms with Crippen LogP contribution in [0.3, 0.4) is 0 Å². The van der Waals surface area contributed by atoms with Crippen LogP contribution in [0.4, 0.5) is 0 Å². The van der Waals surface area contributed by atoms with Gasteiger partial charge in [0.05, 0.1) is 0 Å². The van der Waals surface area contributed by atoms with Gasteiger partial charge >= 0.3 is 0 Å². The third kappa shape index (κ3) is 3.96. The maximum atomic E-state index is 3.67. The minimum absolute atomic E-state index is 0.575. The van der Waals surface area contributed by atoms with Crippen molar-refractivity contribution in [3.05, 3.63) is 0 Å². The van der Waals surface area contributed by atoms with Gasteiger partial charge in [-0.05, 0) is 63.6 Å². The van der Waals surface area contributed by atoms with Crippen LogP contribution < -0.4 is 5.32 Å². The molecule has 2 rings (SSSR count). The monoisotopic (exact) mass is 238 g/mol. The van der Waals surface area contributed by atoms with E-state index in [1.54, 1.807) is 0 Å². The summed E-state index contributed by atoms with van der Waals surface area (Å²) in [6.45, 7) is 13.4. The Hall–Kier alpha value is -0.0800. The molecule has 2 aliphatic rings. The van der Waals surface area contributed by atoms with Crippen molar-refractivity contribution in [2.45, 2.75) is 65.5 Å². The summed E-state index contributed by atoms with van der Waals surface area (Å²) in [4.78, 5) is 2.70. The first-order chi connectivity index (χ1) is 7.98. The van der Waals surface area contributed by atoms with E-state index in [4.69, 9.17) is 0 Å². The smallest absolute Gasteiger partial charge is 0.0105 e. The molecular weight excluding hydrogens is 208 g/mol. The lowest BCUT2D eigenvalue weighted by molar-refractivity contribution is 0.0777. The highest BCUT2D eigenvalue weighted by Crippen LogP contribution is 2.31. The minimum atomic E-state index is 0.575. The topological polar surface area (TPSA) is 15.3 Å². The van der Waals surface area contributed by atoms with Crippen LogP contribution in [0, 0.1) is 11.3 Å². The predicted molar refractivity (Wildman–Crippen MR) is 74.2 cm³/mol. The second-order valence-corrected chi connectivity index (χ2v) is 7.10. The third-order valence-corrected chi connectivity index (χ3v) is 4.86. The van der Waals surface area contributed by atoms with Crippen molar-refractivity contribution in [1.82, 2.24) is 10.2 Å². The van der Waals surface area contributed by atoms with Gasteiger partial charge in [0.1, 0.15) is 0 Å². The quantitative estimate of drug-likeness (QED) is 0.792. The van der Waals surface area contributed by atoms with Gasteiger partial charge < -0.3 is 10.2 Å². The first-order valence-corrected chi connectivity index (χ1v) is 7.45. The van der Waals surface area contributed by atoms with E-state index in [-0.39, 0.29) is 0 Å². The van der Waals surface area contributed by atoms with Gasteiger partial charge in [0, 0.05) is 12.1 Å². The minimum Gasteiger partial charge on any atom is -0.314 e. The molecule has 2 fully saturated rings. The molecule has 1 heterocycles. The number of hydrogen-bond donors (Lipinski definition) is 1. The number of rotatable bonds is 5. The summed E-state index contributed by atoms with van der Waals surface area (Å²) in [6, 6.07) is 1.59. The molecule has 2 atom stereocenters. The molecule has 0 amide bonds. The molecule has 2 heteroatoms. The Labute approximate surface area is 107 Å². The first-order valence-electron chi connectivity index (χ1n) is 7.45. The molecule has 0 radical (unpaired) electrons. The molecule has 1 N–H and O–H groups in total. The van der Waals surface area contributed by atoms with Crippen molar-refractivity contribution in [3.8, 4) is 0 Å². The largest absolute Gasteiger partial charge is 0.314 e. The highest BCUT2D eigenvalue weighted by Gasteiger charge is 2.30. The number of piperidine rings is 1. The van der Waals surface area contributed by atoms with Gasteiger partial charge in [0.25, 0.3) is 0 Å². The van der Waals surface area contributed by atoms with E-state index in [2.05, 4.69) is 37.9 Å². The van der Waals surface area contributed by atoms with Gasteiger partial charge in [-0.3, -0.25) is 0 Å². The van der Waals surface area contributed by atoms with Crippen molar-refractivity contribution < 1.29 is 0 Å². The van der Waals surface area contributed by atoms with E-state index in [1.165, 1.54) is 45.3 Å². The SMILES string of the molecule is CC(CNC1CC1)C(C)N1CCC(C)(C)CC1. The molecule has 0 spiro atoms. The van der Waals surface area contributed by atoms with Gasteiger partial charge in [0.2, 0.25) is 0 Å². The molecule has 0 aromatic rings. The fourth-order valence-electron chi connectivity index (χ4n) is 2.71. The molecule has 0 bridgehead atoms. The first kappa shape index (κ1) is 13.4. The maximum absolute atomic E-state index is 3.67. The van der Waals surface area contributed by atoms with Gasteiger partial charge in [0.15, 0.2) is 0 Å². The van der Waals surface area contributed by atoms with E-state index in [0.717, 1.165) is 18.0 Å². The third-order valence-electron chi connectivity index (χ3n) is 4.86. The Bertz CT molecular complexity index is 235. The molecule has 2 nitrogen and oxygen atoms in total. The highest BCUT2D eigenvalue weighted by molar-refractivity contribution is 4.86. The maximum Gasteiger partial charge on any atom is 0.0105 e. The van der Waals surface area contributed by atoms with Crippen molar-refractivity contribution >= 4 is 0 Å². The van der Waals surface area contributed by atoms with Crippen molar-refractivity contribution in [2.75, 3.05) is 19.6 Å². The van der Waals surface area contributed by atoms with E-state index >= 15 is 0 Å². The van der Waals surface area contributed by atoms with Gasteiger partial charge in [-0.2, -0.15) is 0 Å². The summed E-state index contributed by atoms with van der Waals surface area (Å²) in [7, 11) is 0. The lowest BCUT2D eigenvalue weighted by atomic mass is 9.82. The van der Waals surface area contributed by atoms with Crippen LogP contribution >= 0.6 is 0 Å². The Morgan fingerprint density at radius 3 is 2.29 bits per heavy atom. The second-order valence-electron chi connectivity index (χ2n) is 7.10. The van der Waals surface area contributed by atoms with Gasteiger partial charge in [-0.25, -0.2) is 0 Å². The molecule has 17 heavy (non-hydrogen) atoms. The molecule has 1 aliphatic heterocycles. The van der Waals surface area contributed by atoms with E-state index in [0.29, 0.717) is 5.41 Å². The fraction of sp³-hybridized carbons (Fsp3) is 1.00. The molecule has 2 unspecified atom stereocenters. The normalized spacial score (nSPS) is 28.9. The average molecular weight is 238 g/mol. The lowest BCUT2D eigenvalue weighted by Gasteiger charge is -2.41. The van der Waals surface area contributed by atoms with Crippen LogP contribution in [0.1, 0.15) is 53.4 Å². The van der Waals surface area contributed by atoms with Gasteiger partial charge in [-0.15, -0.1) is 0 Å². The number of likely N-dealkylation sites (tertiary alicyclic amines) is 1. The van der Waals surface area contributed by atoms with Crippen molar-refractivity contribution in [2.24, 2.45) is 11.3 Å². The van der Waals surface area contributed by atoms with Crippen LogP contribution in [0.25, 0.3) is 0 Å². The highest BCUT2D eigenvalue weighted by atomic mass is 15.2. The summed E-state index contributed by atoms with van der Waals surface area (Å²) in [5, 5.41) is 3.67. The van der Waals surface area contributed by atoms with Crippen molar-refractivity contribution in [3.63, 3.8) is 0 Å². The number of nitrogens with one attached hydrogen (secondary N) is 1. The molecule has 1 saturated heterocycles. The molecular formula is C15H30N2. The molecule has 0 aromatic heterocycles. The van der Waals surface area contributed by atoms with E-state index < -0.39 is 0 Å². The van der Waals surface area contributed by atoms with Crippen LogP contribution in [0.2, 0.25) is 0 Å². The van der Waals surface area contributed by atoms with E-state index in [9.17, 15) is 0 Å². The van der Waals surface area contributed by atoms with Crippen LogP contribution in [-0.2, 0) is 0 Å². The lowest BCUT2D eigenvalue weighted by Crippen LogP contribution is -2.46. The predicted octanol–water partition coefficient (Wildman–Crippen LogP) is 2.89. The summed E-state index contributed by atoms with van der Waals surface area (Å²) >= 11 is 0. The van der Waals surface area contributed by atoms with Crippen LogP contribution in [0.15, 0.2) is 0 Å². The second kappa shape index (κ2) is 5.27. The molecule has 1 saturated carbocycles. The fourth-order valence-corrected chi connectivity index (χ4v) is 2.71. The summed E-state index contributed by atoms with van der Waals surface area (Å²) in [5.74, 6) is 0.775. The Morgan fingerprint density at radius 2 is 1.76 bits per heavy atom. The summed E-state index contributed by atoms with van der Waals surface area (Å²) in [6.07, 6.45) is 5.53. The van der Waals surface area contributed by atoms with Gasteiger partial charge in [-0.1, -0.05) is 20.8 Å². The number of nitrogens with zero attached hydrogens (tertiary/aromatic N) is 1. The zero-order valence-corrected chi connectivity index (χ0v) is 12.1. The number of hydrogen-bond acceptors (Lipinski definition) is 2. The summed E-state index contributed by atoms with van der Waals surface area (Å²) < 4.78 is 0. The standard InChI is InChI=1S/C15H30N2/c1-12(11-16-14-5-6-14)13(2)17-9-7-15(3,4)8-10-17/h12-14,16H,5-11H2,1-4H3. The Balaban J connectivity index is 1.72. The Morgan fingerprint density at radius 1 is 1.18 bits per heavy atom. The average Bonchev–Trinajstić information content (AvgIpc) is 3.09. The van der Waals surface area contributed by atoms with Crippen LogP contribution in [0.5, 0.6) is 0 Å².